The van der Waals surface area contributed by atoms with Gasteiger partial charge in [-0.05, 0) is 0 Å². The number of nitrogens with zero attached hydrogens (tertiary/aromatic N) is 4. The average molecular weight is 248 g/mol. The highest BCUT2D eigenvalue weighted by Gasteiger charge is 2.17. The highest BCUT2D eigenvalue weighted by molar-refractivity contribution is 5.74. The summed E-state index contributed by atoms with van der Waals surface area (Å²) in [5, 5.41) is 0. The minimum atomic E-state index is -0.461. The van der Waals surface area contributed by atoms with Crippen molar-refractivity contribution in [3.8, 4) is 12.3 Å². The molecule has 0 unspecified atom stereocenters. The summed E-state index contributed by atoms with van der Waals surface area (Å²) in [5.41, 5.74) is 1.92. The number of nitrogens with two attached hydrogens (primary N) is 1. The number of terminal acetylenes is 1. The Balaban J connectivity index is 3.06. The van der Waals surface area contributed by atoms with Gasteiger partial charge in [0.2, 0.25) is 5.95 Å². The van der Waals surface area contributed by atoms with Crippen LogP contribution in [0.4, 0.5) is 5.95 Å². The zero-order chi connectivity index (χ0) is 13.4. The molecule has 18 heavy (non-hydrogen) atoms. The molecule has 0 radical (unpaired) electrons. The van der Waals surface area contributed by atoms with Crippen molar-refractivity contribution < 1.29 is 0 Å². The largest absolute Gasteiger partial charge is 0.332 e. The predicted molar refractivity (Wildman–Crippen MR) is 66.9 cm³/mol. The second-order valence-corrected chi connectivity index (χ2v) is 3.75. The molecule has 2 aromatic heterocycles. The third kappa shape index (κ3) is 1.42. The SMILES string of the molecule is C#CCn1c(NN)nc2c1c(=O)n(C)c(=O)n2C. The van der Waals surface area contributed by atoms with Crippen LogP contribution in [0.25, 0.3) is 11.2 Å². The molecule has 2 heterocycles. The molecular weight excluding hydrogens is 236 g/mol. The first kappa shape index (κ1) is 11.9. The first-order valence-electron chi connectivity index (χ1n) is 5.09. The fourth-order valence-corrected chi connectivity index (χ4v) is 1.80. The van der Waals surface area contributed by atoms with Crippen LogP contribution < -0.4 is 22.5 Å². The Morgan fingerprint density at radius 3 is 2.61 bits per heavy atom. The summed E-state index contributed by atoms with van der Waals surface area (Å²) in [4.78, 5) is 27.9. The van der Waals surface area contributed by atoms with Crippen molar-refractivity contribution in [2.75, 3.05) is 5.43 Å². The minimum absolute atomic E-state index is 0.128. The fraction of sp³-hybridized carbons (Fsp3) is 0.300. The standard InChI is InChI=1S/C10H12N6O2/c1-4-5-16-6-7(12-9(16)13-11)14(2)10(18)15(3)8(6)17/h1H,5,11H2,2-3H3,(H,12,13). The quantitative estimate of drug-likeness (QED) is 0.377. The smallest absolute Gasteiger partial charge is 0.294 e. The average Bonchev–Trinajstić information content (AvgIpc) is 2.73. The van der Waals surface area contributed by atoms with Crippen molar-refractivity contribution in [3.63, 3.8) is 0 Å². The zero-order valence-corrected chi connectivity index (χ0v) is 9.97. The number of aromatic nitrogens is 4. The van der Waals surface area contributed by atoms with Gasteiger partial charge in [-0.3, -0.25) is 23.9 Å². The summed E-state index contributed by atoms with van der Waals surface area (Å²) < 4.78 is 3.72. The molecule has 0 aliphatic carbocycles. The Bertz CT molecular complexity index is 773. The van der Waals surface area contributed by atoms with E-state index in [1.54, 1.807) is 0 Å². The number of nitrogen functional groups attached to an aromatic ring is 1. The number of aryl methyl sites for hydroxylation is 1. The molecule has 8 heteroatoms. The van der Waals surface area contributed by atoms with Gasteiger partial charge >= 0.3 is 5.69 Å². The molecule has 0 aliphatic rings. The van der Waals surface area contributed by atoms with Crippen LogP contribution in [0.3, 0.4) is 0 Å². The second kappa shape index (κ2) is 4.05. The summed E-state index contributed by atoms with van der Waals surface area (Å²) in [6.07, 6.45) is 5.25. The van der Waals surface area contributed by atoms with E-state index in [-0.39, 0.29) is 23.7 Å². The number of hydrazine groups is 1. The molecule has 0 saturated heterocycles. The van der Waals surface area contributed by atoms with E-state index in [1.807, 2.05) is 0 Å². The lowest BCUT2D eigenvalue weighted by atomic mass is 10.5. The van der Waals surface area contributed by atoms with E-state index in [4.69, 9.17) is 12.3 Å². The zero-order valence-electron chi connectivity index (χ0n) is 9.97. The summed E-state index contributed by atoms with van der Waals surface area (Å²) in [6.45, 7) is 0.128. The summed E-state index contributed by atoms with van der Waals surface area (Å²) in [6, 6.07) is 0. The van der Waals surface area contributed by atoms with E-state index < -0.39 is 11.2 Å². The number of hydrogen-bond acceptors (Lipinski definition) is 5. The molecule has 3 N–H and O–H groups in total. The predicted octanol–water partition coefficient (Wildman–Crippen LogP) is -1.65. The van der Waals surface area contributed by atoms with Gasteiger partial charge in [0.1, 0.15) is 0 Å². The van der Waals surface area contributed by atoms with Crippen LogP contribution in [-0.2, 0) is 20.6 Å². The van der Waals surface area contributed by atoms with Crippen LogP contribution in [0.5, 0.6) is 0 Å². The maximum Gasteiger partial charge on any atom is 0.332 e. The number of anilines is 1. The van der Waals surface area contributed by atoms with Gasteiger partial charge in [-0.15, -0.1) is 6.42 Å². The molecule has 8 nitrogen and oxygen atoms in total. The van der Waals surface area contributed by atoms with Crippen LogP contribution in [0.2, 0.25) is 0 Å². The highest BCUT2D eigenvalue weighted by Crippen LogP contribution is 2.13. The third-order valence-corrected chi connectivity index (χ3v) is 2.73. The lowest BCUT2D eigenvalue weighted by Gasteiger charge is -2.05. The maximum absolute atomic E-state index is 12.1. The molecule has 2 aromatic rings. The Morgan fingerprint density at radius 2 is 2.06 bits per heavy atom. The molecular formula is C10H12N6O2. The number of hydrogen-bond donors (Lipinski definition) is 2. The van der Waals surface area contributed by atoms with Gasteiger partial charge in [-0.25, -0.2) is 10.6 Å². The van der Waals surface area contributed by atoms with E-state index in [0.29, 0.717) is 0 Å². The molecule has 0 bridgehead atoms. The van der Waals surface area contributed by atoms with E-state index in [2.05, 4.69) is 16.3 Å². The summed E-state index contributed by atoms with van der Waals surface area (Å²) in [5.74, 6) is 7.97. The van der Waals surface area contributed by atoms with Crippen LogP contribution in [-0.4, -0.2) is 18.7 Å². The molecule has 94 valence electrons. The molecule has 2 rings (SSSR count). The summed E-state index contributed by atoms with van der Waals surface area (Å²) in [7, 11) is 2.92. The van der Waals surface area contributed by atoms with Gasteiger partial charge in [0.25, 0.3) is 5.56 Å². The first-order chi connectivity index (χ1) is 8.52. The van der Waals surface area contributed by atoms with Gasteiger partial charge in [0.05, 0.1) is 6.54 Å². The lowest BCUT2D eigenvalue weighted by molar-refractivity contribution is 0.704. The van der Waals surface area contributed by atoms with E-state index >= 15 is 0 Å². The lowest BCUT2D eigenvalue weighted by Crippen LogP contribution is -2.37. The van der Waals surface area contributed by atoms with Crippen molar-refractivity contribution in [2.24, 2.45) is 19.9 Å². The number of rotatable bonds is 2. The molecule has 0 aliphatic heterocycles. The van der Waals surface area contributed by atoms with Crippen molar-refractivity contribution in [3.05, 3.63) is 20.8 Å². The van der Waals surface area contributed by atoms with Crippen molar-refractivity contribution in [2.45, 2.75) is 6.54 Å². The fourth-order valence-electron chi connectivity index (χ4n) is 1.80. The van der Waals surface area contributed by atoms with Crippen molar-refractivity contribution >= 4 is 17.1 Å². The third-order valence-electron chi connectivity index (χ3n) is 2.73. The Hall–Kier alpha value is -2.53. The Labute approximate surface area is 102 Å². The molecule has 0 aromatic carbocycles. The van der Waals surface area contributed by atoms with Crippen molar-refractivity contribution in [1.82, 2.24) is 18.7 Å². The molecule has 0 atom stereocenters. The Morgan fingerprint density at radius 1 is 1.39 bits per heavy atom. The van der Waals surface area contributed by atoms with Crippen molar-refractivity contribution in [1.29, 1.82) is 0 Å². The Kier molecular flexibility index (Phi) is 2.68. The number of nitrogens with one attached hydrogen (secondary N) is 1. The second-order valence-electron chi connectivity index (χ2n) is 3.75. The van der Waals surface area contributed by atoms with E-state index in [9.17, 15) is 9.59 Å². The van der Waals surface area contributed by atoms with Gasteiger partial charge in [0.15, 0.2) is 11.2 Å². The molecule has 0 spiro atoms. The topological polar surface area (TPSA) is 99.9 Å². The number of imidazole rings is 1. The van der Waals surface area contributed by atoms with Crippen LogP contribution in [0.1, 0.15) is 0 Å². The first-order valence-corrected chi connectivity index (χ1v) is 5.09. The van der Waals surface area contributed by atoms with Gasteiger partial charge in [-0.2, -0.15) is 4.98 Å². The van der Waals surface area contributed by atoms with E-state index in [0.717, 1.165) is 4.57 Å². The van der Waals surface area contributed by atoms with Crippen LogP contribution in [0, 0.1) is 12.3 Å². The maximum atomic E-state index is 12.1. The van der Waals surface area contributed by atoms with Crippen LogP contribution >= 0.6 is 0 Å². The molecule has 0 fully saturated rings. The molecule has 0 saturated carbocycles. The minimum Gasteiger partial charge on any atom is -0.294 e. The van der Waals surface area contributed by atoms with Gasteiger partial charge in [-0.1, -0.05) is 5.92 Å². The monoisotopic (exact) mass is 248 g/mol. The van der Waals surface area contributed by atoms with E-state index in [1.165, 1.54) is 23.2 Å². The molecule has 0 amide bonds. The highest BCUT2D eigenvalue weighted by atomic mass is 16.2. The van der Waals surface area contributed by atoms with Gasteiger partial charge in [0, 0.05) is 14.1 Å². The summed E-state index contributed by atoms with van der Waals surface area (Å²) >= 11 is 0. The van der Waals surface area contributed by atoms with Crippen LogP contribution in [0.15, 0.2) is 9.59 Å². The normalized spacial score (nSPS) is 10.6. The van der Waals surface area contributed by atoms with Gasteiger partial charge < -0.3 is 0 Å². The number of fused-ring (bicyclic) bond motifs is 1.